The Kier molecular flexibility index (Phi) is 4.67. The van der Waals surface area contributed by atoms with Gasteiger partial charge in [0.05, 0.1) is 13.1 Å². The van der Waals surface area contributed by atoms with Gasteiger partial charge in [0, 0.05) is 0 Å². The highest BCUT2D eigenvalue weighted by Crippen LogP contribution is 2.21. The van der Waals surface area contributed by atoms with E-state index in [9.17, 15) is 17.6 Å². The lowest BCUT2D eigenvalue weighted by atomic mass is 10.3. The van der Waals surface area contributed by atoms with E-state index in [1.807, 2.05) is 0 Å². The molecule has 1 nitrogen and oxygen atoms in total. The Hall–Kier alpha value is -0.760. The van der Waals surface area contributed by atoms with Crippen LogP contribution in [0.15, 0.2) is 0 Å². The van der Waals surface area contributed by atoms with Gasteiger partial charge in [-0.2, -0.15) is 8.78 Å². The third kappa shape index (κ3) is 4.19. The molecule has 0 aliphatic heterocycles. The molecule has 0 fully saturated rings. The minimum absolute atomic E-state index is 0.00118. The Morgan fingerprint density at radius 3 is 2.42 bits per heavy atom. The number of halogens is 4. The van der Waals surface area contributed by atoms with Crippen LogP contribution < -0.4 is 5.32 Å². The highest BCUT2D eigenvalue weighted by molar-refractivity contribution is 4.97. The van der Waals surface area contributed by atoms with Crippen LogP contribution in [0.1, 0.15) is 6.92 Å². The van der Waals surface area contributed by atoms with Gasteiger partial charge in [0.25, 0.3) is 0 Å². The van der Waals surface area contributed by atoms with E-state index >= 15 is 0 Å². The van der Waals surface area contributed by atoms with E-state index in [0.29, 0.717) is 0 Å². The summed E-state index contributed by atoms with van der Waals surface area (Å²) in [4.78, 5) is 0. The minimum atomic E-state index is -3.96. The zero-order valence-electron chi connectivity index (χ0n) is 6.50. The summed E-state index contributed by atoms with van der Waals surface area (Å²) in [5, 5.41) is 2.10. The fraction of sp³-hybridized carbons (Fsp3) is 0.714. The smallest absolute Gasteiger partial charge is 0.300 e. The normalized spacial score (nSPS) is 11.2. The van der Waals surface area contributed by atoms with E-state index in [4.69, 9.17) is 0 Å². The second-order valence-corrected chi connectivity index (χ2v) is 2.09. The van der Waals surface area contributed by atoms with Gasteiger partial charge in [-0.1, -0.05) is 5.92 Å². The number of hydrogen-bond acceptors (Lipinski definition) is 1. The molecule has 0 bridgehead atoms. The lowest BCUT2D eigenvalue weighted by Crippen LogP contribution is -2.38. The minimum Gasteiger partial charge on any atom is -0.300 e. The molecule has 0 aromatic rings. The molecule has 0 aromatic carbocycles. The van der Waals surface area contributed by atoms with Crippen LogP contribution in [-0.4, -0.2) is 25.4 Å². The third-order valence-corrected chi connectivity index (χ3v) is 1.07. The first kappa shape index (κ1) is 11.2. The van der Waals surface area contributed by atoms with Crippen molar-refractivity contribution < 1.29 is 17.6 Å². The van der Waals surface area contributed by atoms with Gasteiger partial charge < -0.3 is 5.32 Å². The Morgan fingerprint density at radius 2 is 2.00 bits per heavy atom. The molecule has 0 amide bonds. The molecular weight excluding hydrogens is 174 g/mol. The van der Waals surface area contributed by atoms with Crippen molar-refractivity contribution in [2.45, 2.75) is 19.3 Å². The molecule has 0 heterocycles. The quantitative estimate of drug-likeness (QED) is 0.395. The van der Waals surface area contributed by atoms with Crippen LogP contribution in [0.5, 0.6) is 0 Å². The van der Waals surface area contributed by atoms with Crippen molar-refractivity contribution in [2.75, 3.05) is 13.1 Å². The van der Waals surface area contributed by atoms with Gasteiger partial charge in [-0.3, -0.25) is 0 Å². The SMILES string of the molecule is CC#CCNCC(F)(F)C(F)F. The van der Waals surface area contributed by atoms with Crippen molar-refractivity contribution in [3.8, 4) is 11.8 Å². The van der Waals surface area contributed by atoms with Crippen LogP contribution in [0.25, 0.3) is 0 Å². The maximum absolute atomic E-state index is 12.1. The van der Waals surface area contributed by atoms with Crippen LogP contribution in [-0.2, 0) is 0 Å². The number of nitrogens with one attached hydrogen (secondary N) is 1. The highest BCUT2D eigenvalue weighted by atomic mass is 19.3. The second-order valence-electron chi connectivity index (χ2n) is 2.09. The Morgan fingerprint density at radius 1 is 1.42 bits per heavy atom. The standard InChI is InChI=1S/C7H9F4N/c1-2-3-4-12-5-7(10,11)6(8)9/h6,12H,4-5H2,1H3. The van der Waals surface area contributed by atoms with Gasteiger partial charge in [-0.15, -0.1) is 5.92 Å². The van der Waals surface area contributed by atoms with E-state index in [1.165, 1.54) is 6.92 Å². The Bertz CT molecular complexity index is 180. The average Bonchev–Trinajstić information content (AvgIpc) is 1.98. The molecule has 0 unspecified atom stereocenters. The third-order valence-electron chi connectivity index (χ3n) is 1.07. The molecule has 0 aromatic heterocycles. The van der Waals surface area contributed by atoms with Crippen LogP contribution in [0, 0.1) is 11.8 Å². The van der Waals surface area contributed by atoms with Gasteiger partial charge in [-0.05, 0) is 6.92 Å². The zero-order valence-corrected chi connectivity index (χ0v) is 6.50. The fourth-order valence-electron chi connectivity index (χ4n) is 0.457. The van der Waals surface area contributed by atoms with E-state index < -0.39 is 18.9 Å². The summed E-state index contributed by atoms with van der Waals surface area (Å²) in [5.74, 6) is 0.896. The molecule has 5 heteroatoms. The van der Waals surface area contributed by atoms with E-state index in [-0.39, 0.29) is 6.54 Å². The van der Waals surface area contributed by atoms with E-state index in [2.05, 4.69) is 17.2 Å². The van der Waals surface area contributed by atoms with Gasteiger partial charge >= 0.3 is 12.3 Å². The summed E-state index contributed by atoms with van der Waals surface area (Å²) in [5.41, 5.74) is 0. The van der Waals surface area contributed by atoms with Crippen LogP contribution in [0.3, 0.4) is 0 Å². The molecular formula is C7H9F4N. The monoisotopic (exact) mass is 183 g/mol. The van der Waals surface area contributed by atoms with Crippen molar-refractivity contribution >= 4 is 0 Å². The molecule has 0 saturated heterocycles. The fourth-order valence-corrected chi connectivity index (χ4v) is 0.457. The van der Waals surface area contributed by atoms with Gasteiger partial charge in [0.1, 0.15) is 0 Å². The first-order chi connectivity index (χ1) is 5.50. The number of hydrogen-bond donors (Lipinski definition) is 1. The maximum atomic E-state index is 12.1. The van der Waals surface area contributed by atoms with Gasteiger partial charge in [-0.25, -0.2) is 8.78 Å². The van der Waals surface area contributed by atoms with Crippen molar-refractivity contribution in [1.82, 2.24) is 5.32 Å². The Balaban J connectivity index is 3.66. The van der Waals surface area contributed by atoms with Crippen molar-refractivity contribution in [3.05, 3.63) is 0 Å². The average molecular weight is 183 g/mol. The zero-order chi connectivity index (χ0) is 9.61. The van der Waals surface area contributed by atoms with Crippen molar-refractivity contribution in [1.29, 1.82) is 0 Å². The van der Waals surface area contributed by atoms with E-state index in [0.717, 1.165) is 0 Å². The topological polar surface area (TPSA) is 12.0 Å². The first-order valence-corrected chi connectivity index (χ1v) is 3.27. The summed E-state index contributed by atoms with van der Waals surface area (Å²) in [6.07, 6.45) is -3.63. The molecule has 0 atom stereocenters. The van der Waals surface area contributed by atoms with Crippen molar-refractivity contribution in [2.24, 2.45) is 0 Å². The van der Waals surface area contributed by atoms with Gasteiger partial charge in [0.15, 0.2) is 0 Å². The molecule has 0 aliphatic carbocycles. The van der Waals surface area contributed by atoms with Crippen molar-refractivity contribution in [3.63, 3.8) is 0 Å². The Labute approximate surface area is 68.1 Å². The molecule has 0 aliphatic rings. The molecule has 1 N–H and O–H groups in total. The molecule has 12 heavy (non-hydrogen) atoms. The summed E-state index contributed by atoms with van der Waals surface area (Å²) in [6, 6.07) is 0. The van der Waals surface area contributed by atoms with Crippen LogP contribution in [0.2, 0.25) is 0 Å². The lowest BCUT2D eigenvalue weighted by molar-refractivity contribution is -0.124. The maximum Gasteiger partial charge on any atom is 0.319 e. The second kappa shape index (κ2) is 4.99. The predicted molar refractivity (Wildman–Crippen MR) is 37.3 cm³/mol. The molecule has 0 spiro atoms. The lowest BCUT2D eigenvalue weighted by Gasteiger charge is -2.14. The summed E-state index contributed by atoms with van der Waals surface area (Å²) in [6.45, 7) is 0.491. The molecule has 0 radical (unpaired) electrons. The summed E-state index contributed by atoms with van der Waals surface area (Å²) < 4.78 is 47.2. The molecule has 0 rings (SSSR count). The summed E-state index contributed by atoms with van der Waals surface area (Å²) >= 11 is 0. The predicted octanol–water partition coefficient (Wildman–Crippen LogP) is 1.50. The highest BCUT2D eigenvalue weighted by Gasteiger charge is 2.39. The molecule has 0 saturated carbocycles. The van der Waals surface area contributed by atoms with Gasteiger partial charge in [0.2, 0.25) is 0 Å². The van der Waals surface area contributed by atoms with Crippen LogP contribution >= 0.6 is 0 Å². The van der Waals surface area contributed by atoms with Crippen LogP contribution in [0.4, 0.5) is 17.6 Å². The first-order valence-electron chi connectivity index (χ1n) is 3.27. The largest absolute Gasteiger partial charge is 0.319 e. The number of alkyl halides is 4. The molecule has 70 valence electrons. The van der Waals surface area contributed by atoms with E-state index in [1.54, 1.807) is 0 Å². The summed E-state index contributed by atoms with van der Waals surface area (Å²) in [7, 11) is 0. The number of rotatable bonds is 4.